The van der Waals surface area contributed by atoms with Crippen LogP contribution in [0.2, 0.25) is 0 Å². The van der Waals surface area contributed by atoms with Crippen molar-refractivity contribution in [1.82, 2.24) is 4.57 Å². The molecule has 4 aliphatic rings. The van der Waals surface area contributed by atoms with Crippen LogP contribution in [-0.2, 0) is 5.41 Å². The lowest BCUT2D eigenvalue weighted by atomic mass is 9.43. The maximum Gasteiger partial charge on any atom is 0.333 e. The van der Waals surface area contributed by atoms with E-state index in [1.807, 2.05) is 11.3 Å². The van der Waals surface area contributed by atoms with Gasteiger partial charge in [0.05, 0.1) is 22.4 Å². The average molecular weight is 705 g/mol. The Morgan fingerprint density at radius 2 is 1.39 bits per heavy atom. The Labute approximate surface area is 315 Å². The summed E-state index contributed by atoms with van der Waals surface area (Å²) in [5, 5.41) is 7.98. The van der Waals surface area contributed by atoms with Crippen LogP contribution in [0.5, 0.6) is 11.5 Å². The van der Waals surface area contributed by atoms with Gasteiger partial charge in [0.2, 0.25) is 0 Å². The van der Waals surface area contributed by atoms with Gasteiger partial charge in [-0.15, -0.1) is 11.3 Å². The van der Waals surface area contributed by atoms with Crippen LogP contribution in [0, 0.1) is 0 Å². The molecule has 0 unspecified atom stereocenters. The molecule has 0 radical (unpaired) electrons. The Balaban J connectivity index is 1.24. The Morgan fingerprint density at radius 3 is 2.33 bits per heavy atom. The number of ether oxygens (including phenoxy) is 1. The zero-order chi connectivity index (χ0) is 35.2. The molecule has 0 saturated carbocycles. The van der Waals surface area contributed by atoms with Crippen molar-refractivity contribution < 1.29 is 4.74 Å². The van der Waals surface area contributed by atoms with Crippen LogP contribution in [0.3, 0.4) is 0 Å². The Bertz CT molecular complexity index is 3420. The first kappa shape index (κ1) is 28.2. The molecule has 54 heavy (non-hydrogen) atoms. The third kappa shape index (κ3) is 3.10. The summed E-state index contributed by atoms with van der Waals surface area (Å²) < 4.78 is 12.1. The smallest absolute Gasteiger partial charge is 0.333 e. The molecular formula is C49H29BN2OS. The molecule has 0 saturated heterocycles. The Hall–Kier alpha value is -6.30. The summed E-state index contributed by atoms with van der Waals surface area (Å²) >= 11 is 1.89. The van der Waals surface area contributed by atoms with Crippen molar-refractivity contribution >= 4 is 93.2 Å². The number of anilines is 2. The van der Waals surface area contributed by atoms with Crippen LogP contribution in [-0.4, -0.2) is 11.4 Å². The molecule has 6 heterocycles. The number of benzene rings is 8. The fourth-order valence-corrected chi connectivity index (χ4v) is 12.1. The molecular weight excluding hydrogens is 675 g/mol. The molecule has 5 heteroatoms. The van der Waals surface area contributed by atoms with Crippen LogP contribution >= 0.6 is 11.3 Å². The first-order valence-corrected chi connectivity index (χ1v) is 19.7. The molecule has 0 fully saturated rings. The fraction of sp³-hybridized carbons (Fsp3) is 0.0612. The third-order valence-electron chi connectivity index (χ3n) is 13.1. The average Bonchev–Trinajstić information content (AvgIpc) is 3.75. The number of hydrogen-bond donors (Lipinski definition) is 0. The minimum absolute atomic E-state index is 0.0288. The monoisotopic (exact) mass is 704 g/mol. The fourth-order valence-electron chi connectivity index (χ4n) is 11.0. The van der Waals surface area contributed by atoms with Crippen molar-refractivity contribution in [3.8, 4) is 39.4 Å². The molecule has 0 bridgehead atoms. The number of aromatic nitrogens is 1. The number of para-hydroxylation sites is 4. The molecule has 4 aliphatic heterocycles. The van der Waals surface area contributed by atoms with Gasteiger partial charge in [-0.05, 0) is 92.0 Å². The molecule has 3 nitrogen and oxygen atoms in total. The summed E-state index contributed by atoms with van der Waals surface area (Å²) in [6, 6.07) is 52.4. The zero-order valence-corrected chi connectivity index (χ0v) is 30.4. The number of nitrogens with zero attached hydrogens (tertiary/aromatic N) is 2. The van der Waals surface area contributed by atoms with Gasteiger partial charge in [-0.25, -0.2) is 0 Å². The van der Waals surface area contributed by atoms with E-state index in [2.05, 4.69) is 163 Å². The quantitative estimate of drug-likeness (QED) is 0.158. The normalized spacial score (nSPS) is 15.1. The predicted molar refractivity (Wildman–Crippen MR) is 228 cm³/mol. The molecule has 0 atom stereocenters. The summed E-state index contributed by atoms with van der Waals surface area (Å²) in [4.78, 5) is 2.60. The highest BCUT2D eigenvalue weighted by Crippen LogP contribution is 2.58. The predicted octanol–water partition coefficient (Wildman–Crippen LogP) is 12.0. The first-order chi connectivity index (χ1) is 26.6. The standard InChI is InChI=1S/C49H29BN2OS/c1-49(2)35-15-10-16-36-47(35)51-46-34(23-26-11-3-4-12-28(26)43(46)49)42-32(27-21-22-30-29-13-5-8-20-40(29)54-41(30)24-27)25-33-31-14-9-19-39-45(31)52(50(36)44(33)48(42)51)37-17-6-7-18-38(37)53-39/h3-25H,1-2H3. The summed E-state index contributed by atoms with van der Waals surface area (Å²) in [6.45, 7) is 4.86. The number of fused-ring (bicyclic) bond motifs is 11. The minimum atomic E-state index is -0.230. The van der Waals surface area contributed by atoms with Crippen molar-refractivity contribution in [1.29, 1.82) is 0 Å². The second-order valence-corrected chi connectivity index (χ2v) is 17.1. The Morgan fingerprint density at radius 1 is 0.593 bits per heavy atom. The molecule has 0 aliphatic carbocycles. The largest absolute Gasteiger partial charge is 0.453 e. The van der Waals surface area contributed by atoms with Gasteiger partial charge in [0.1, 0.15) is 5.75 Å². The van der Waals surface area contributed by atoms with Gasteiger partial charge >= 0.3 is 6.85 Å². The first-order valence-electron chi connectivity index (χ1n) is 18.9. The maximum atomic E-state index is 6.73. The number of thiophene rings is 1. The van der Waals surface area contributed by atoms with Gasteiger partial charge < -0.3 is 14.1 Å². The third-order valence-corrected chi connectivity index (χ3v) is 14.2. The lowest BCUT2D eigenvalue weighted by Crippen LogP contribution is -2.61. The van der Waals surface area contributed by atoms with Gasteiger partial charge in [0, 0.05) is 47.6 Å². The van der Waals surface area contributed by atoms with E-state index in [-0.39, 0.29) is 12.3 Å². The molecule has 0 spiro atoms. The zero-order valence-electron chi connectivity index (χ0n) is 29.6. The van der Waals surface area contributed by atoms with E-state index in [1.165, 1.54) is 103 Å². The molecule has 250 valence electrons. The van der Waals surface area contributed by atoms with E-state index in [0.717, 1.165) is 22.9 Å². The van der Waals surface area contributed by atoms with Gasteiger partial charge in [0.15, 0.2) is 5.75 Å². The van der Waals surface area contributed by atoms with Crippen LogP contribution in [0.4, 0.5) is 11.4 Å². The van der Waals surface area contributed by atoms with Crippen molar-refractivity contribution in [2.45, 2.75) is 19.3 Å². The molecule has 8 aromatic carbocycles. The van der Waals surface area contributed by atoms with Crippen molar-refractivity contribution in [2.24, 2.45) is 0 Å². The molecule has 2 aromatic heterocycles. The molecule has 14 rings (SSSR count). The van der Waals surface area contributed by atoms with Crippen LogP contribution in [0.25, 0.3) is 80.7 Å². The second kappa shape index (κ2) is 9.25. The molecule has 0 amide bonds. The highest BCUT2D eigenvalue weighted by molar-refractivity contribution is 7.25. The van der Waals surface area contributed by atoms with Crippen molar-refractivity contribution in [2.75, 3.05) is 4.81 Å². The highest BCUT2D eigenvalue weighted by Gasteiger charge is 2.50. The summed E-state index contributed by atoms with van der Waals surface area (Å²) in [7, 11) is 0. The SMILES string of the molecule is CC1(C)c2cccc3c2-n2c4c1c1ccccc1cc4c1c(-c4ccc5c(c4)sc4ccccc45)cc4c(c12)B3N1c2ccccc2Oc2cccc-4c21. The van der Waals surface area contributed by atoms with Crippen LogP contribution in [0.15, 0.2) is 140 Å². The van der Waals surface area contributed by atoms with E-state index in [9.17, 15) is 0 Å². The van der Waals surface area contributed by atoms with Gasteiger partial charge in [-0.2, -0.15) is 0 Å². The van der Waals surface area contributed by atoms with Gasteiger partial charge in [-0.1, -0.05) is 111 Å². The van der Waals surface area contributed by atoms with Crippen LogP contribution in [0.1, 0.15) is 25.0 Å². The highest BCUT2D eigenvalue weighted by atomic mass is 32.1. The second-order valence-electron chi connectivity index (χ2n) is 16.0. The number of hydrogen-bond acceptors (Lipinski definition) is 3. The lowest BCUT2D eigenvalue weighted by molar-refractivity contribution is 0.478. The van der Waals surface area contributed by atoms with E-state index in [1.54, 1.807) is 0 Å². The summed E-state index contributed by atoms with van der Waals surface area (Å²) in [5.41, 5.74) is 16.7. The van der Waals surface area contributed by atoms with E-state index in [0.29, 0.717) is 0 Å². The van der Waals surface area contributed by atoms with Crippen molar-refractivity contribution in [3.63, 3.8) is 0 Å². The molecule has 0 N–H and O–H groups in total. The lowest BCUT2D eigenvalue weighted by Gasteiger charge is -2.46. The molecule has 10 aromatic rings. The maximum absolute atomic E-state index is 6.73. The number of rotatable bonds is 1. The van der Waals surface area contributed by atoms with Crippen molar-refractivity contribution in [3.05, 3.63) is 151 Å². The Kier molecular flexibility index (Phi) is 4.84. The summed E-state index contributed by atoms with van der Waals surface area (Å²) in [6.07, 6.45) is 0. The van der Waals surface area contributed by atoms with E-state index < -0.39 is 0 Å². The van der Waals surface area contributed by atoms with Gasteiger partial charge in [-0.3, -0.25) is 0 Å². The van der Waals surface area contributed by atoms with E-state index in [4.69, 9.17) is 4.74 Å². The van der Waals surface area contributed by atoms with Crippen LogP contribution < -0.4 is 20.5 Å². The topological polar surface area (TPSA) is 17.4 Å². The van der Waals surface area contributed by atoms with Gasteiger partial charge in [0.25, 0.3) is 0 Å². The van der Waals surface area contributed by atoms with E-state index >= 15 is 0 Å². The summed E-state index contributed by atoms with van der Waals surface area (Å²) in [5.74, 6) is 1.81. The minimum Gasteiger partial charge on any atom is -0.453 e.